The van der Waals surface area contributed by atoms with Crippen LogP contribution >= 0.6 is 22.9 Å². The minimum atomic E-state index is -0.313. The average Bonchev–Trinajstić information content (AvgIpc) is 3.11. The van der Waals surface area contributed by atoms with Gasteiger partial charge in [0.15, 0.2) is 5.13 Å². The van der Waals surface area contributed by atoms with Crippen LogP contribution in [0.15, 0.2) is 60.0 Å². The zero-order chi connectivity index (χ0) is 20.1. The van der Waals surface area contributed by atoms with Gasteiger partial charge in [-0.05, 0) is 42.8 Å². The van der Waals surface area contributed by atoms with Gasteiger partial charge in [0.1, 0.15) is 0 Å². The third kappa shape index (κ3) is 4.85. The molecule has 0 unspecified atom stereocenters. The Kier molecular flexibility index (Phi) is 6.23. The van der Waals surface area contributed by atoms with Crippen LogP contribution in [0.3, 0.4) is 0 Å². The van der Waals surface area contributed by atoms with Crippen LogP contribution in [0.1, 0.15) is 18.2 Å². The van der Waals surface area contributed by atoms with E-state index in [0.29, 0.717) is 21.5 Å². The van der Waals surface area contributed by atoms with Crippen LogP contribution in [-0.4, -0.2) is 16.8 Å². The van der Waals surface area contributed by atoms with Gasteiger partial charge in [0.25, 0.3) is 0 Å². The Hall–Kier alpha value is -2.96. The van der Waals surface area contributed by atoms with Crippen molar-refractivity contribution < 1.29 is 9.59 Å². The van der Waals surface area contributed by atoms with Crippen LogP contribution in [0.25, 0.3) is 6.08 Å². The fraction of sp³-hybridized carbons (Fsp3) is 0.0952. The van der Waals surface area contributed by atoms with Crippen molar-refractivity contribution >= 4 is 57.3 Å². The van der Waals surface area contributed by atoms with Crippen molar-refractivity contribution in [3.05, 3.63) is 76.3 Å². The number of rotatable bonds is 5. The SMILES string of the molecule is CC(=O)N(c1ccccc1)c1nc(C=CC(=O)Nc2ccc(C)cc2Cl)cs1. The molecular weight excluding hydrogens is 394 g/mol. The molecule has 0 bridgehead atoms. The van der Waals surface area contributed by atoms with Crippen LogP contribution in [-0.2, 0) is 9.59 Å². The second-order valence-electron chi connectivity index (χ2n) is 6.05. The van der Waals surface area contributed by atoms with Gasteiger partial charge in [0.05, 0.1) is 22.1 Å². The van der Waals surface area contributed by atoms with Gasteiger partial charge in [-0.2, -0.15) is 0 Å². The van der Waals surface area contributed by atoms with E-state index in [2.05, 4.69) is 10.3 Å². The molecule has 7 heteroatoms. The second kappa shape index (κ2) is 8.82. The molecule has 0 aliphatic carbocycles. The molecule has 0 spiro atoms. The molecule has 3 rings (SSSR count). The van der Waals surface area contributed by atoms with Gasteiger partial charge in [0.2, 0.25) is 11.8 Å². The monoisotopic (exact) mass is 411 g/mol. The summed E-state index contributed by atoms with van der Waals surface area (Å²) in [4.78, 5) is 30.2. The summed E-state index contributed by atoms with van der Waals surface area (Å²) in [6, 6.07) is 14.7. The summed E-state index contributed by atoms with van der Waals surface area (Å²) in [5.74, 6) is -0.449. The van der Waals surface area contributed by atoms with Crippen molar-refractivity contribution in [1.82, 2.24) is 4.98 Å². The lowest BCUT2D eigenvalue weighted by atomic mass is 10.2. The second-order valence-corrected chi connectivity index (χ2v) is 7.29. The highest BCUT2D eigenvalue weighted by molar-refractivity contribution is 7.14. The Morgan fingerprint density at radius 1 is 1.18 bits per heavy atom. The molecule has 0 radical (unpaired) electrons. The summed E-state index contributed by atoms with van der Waals surface area (Å²) < 4.78 is 0. The number of halogens is 1. The van der Waals surface area contributed by atoms with Crippen molar-refractivity contribution in [2.24, 2.45) is 0 Å². The van der Waals surface area contributed by atoms with Gasteiger partial charge in [0, 0.05) is 18.4 Å². The molecule has 5 nitrogen and oxygen atoms in total. The zero-order valence-electron chi connectivity index (χ0n) is 15.3. The molecule has 0 fully saturated rings. The van der Waals surface area contributed by atoms with E-state index in [1.165, 1.54) is 29.2 Å². The van der Waals surface area contributed by atoms with Crippen LogP contribution in [0.5, 0.6) is 0 Å². The third-order valence-electron chi connectivity index (χ3n) is 3.82. The van der Waals surface area contributed by atoms with Crippen LogP contribution in [0, 0.1) is 6.92 Å². The Balaban J connectivity index is 1.72. The summed E-state index contributed by atoms with van der Waals surface area (Å²) in [6.07, 6.45) is 2.98. The molecular formula is C21H18ClN3O2S. The number of benzene rings is 2. The number of amides is 2. The summed E-state index contributed by atoms with van der Waals surface area (Å²) in [5, 5.41) is 5.55. The first-order chi connectivity index (χ1) is 13.4. The molecule has 0 atom stereocenters. The van der Waals surface area contributed by atoms with Gasteiger partial charge in [-0.3, -0.25) is 14.5 Å². The van der Waals surface area contributed by atoms with Gasteiger partial charge >= 0.3 is 0 Å². The Bertz CT molecular complexity index is 1030. The smallest absolute Gasteiger partial charge is 0.248 e. The molecule has 2 aromatic carbocycles. The summed E-state index contributed by atoms with van der Waals surface area (Å²) in [7, 11) is 0. The topological polar surface area (TPSA) is 62.3 Å². The molecule has 142 valence electrons. The van der Waals surface area contributed by atoms with Crippen LogP contribution in [0.2, 0.25) is 5.02 Å². The first-order valence-electron chi connectivity index (χ1n) is 8.50. The first kappa shape index (κ1) is 19.8. The summed E-state index contributed by atoms with van der Waals surface area (Å²) in [6.45, 7) is 3.42. The molecule has 28 heavy (non-hydrogen) atoms. The predicted molar refractivity (Wildman–Crippen MR) is 115 cm³/mol. The molecule has 0 saturated carbocycles. The lowest BCUT2D eigenvalue weighted by Crippen LogP contribution is -2.22. The highest BCUT2D eigenvalue weighted by atomic mass is 35.5. The maximum atomic E-state index is 12.1. The number of anilines is 3. The van der Waals surface area contributed by atoms with Crippen molar-refractivity contribution in [1.29, 1.82) is 0 Å². The molecule has 0 saturated heterocycles. The lowest BCUT2D eigenvalue weighted by Gasteiger charge is -2.17. The number of carbonyl (C=O) groups is 2. The van der Waals surface area contributed by atoms with Crippen LogP contribution < -0.4 is 10.2 Å². The first-order valence-corrected chi connectivity index (χ1v) is 9.76. The number of hydrogen-bond donors (Lipinski definition) is 1. The maximum Gasteiger partial charge on any atom is 0.248 e. The van der Waals surface area contributed by atoms with E-state index in [4.69, 9.17) is 11.6 Å². The normalized spacial score (nSPS) is 10.8. The Labute approximate surface area is 172 Å². The van der Waals surface area contributed by atoms with Gasteiger partial charge in [-0.15, -0.1) is 11.3 Å². The molecule has 0 aliphatic rings. The van der Waals surface area contributed by atoms with Gasteiger partial charge in [-0.25, -0.2) is 4.98 Å². The Morgan fingerprint density at radius 2 is 1.93 bits per heavy atom. The number of hydrogen-bond acceptors (Lipinski definition) is 4. The number of thiazole rings is 1. The van der Waals surface area contributed by atoms with E-state index < -0.39 is 0 Å². The number of aryl methyl sites for hydroxylation is 1. The standard InChI is InChI=1S/C21H18ClN3O2S/c1-14-8-10-19(18(22)12-14)24-20(27)11-9-16-13-28-21(23-16)25(15(2)26)17-6-4-3-5-7-17/h3-13H,1-2H3,(H,24,27). The highest BCUT2D eigenvalue weighted by Crippen LogP contribution is 2.29. The Morgan fingerprint density at radius 3 is 2.61 bits per heavy atom. The van der Waals surface area contributed by atoms with Crippen molar-refractivity contribution in [3.63, 3.8) is 0 Å². The minimum Gasteiger partial charge on any atom is -0.321 e. The van der Waals surface area contributed by atoms with E-state index in [1.54, 1.807) is 23.6 Å². The molecule has 3 aromatic rings. The fourth-order valence-electron chi connectivity index (χ4n) is 2.52. The van der Waals surface area contributed by atoms with Crippen molar-refractivity contribution in [3.8, 4) is 0 Å². The lowest BCUT2D eigenvalue weighted by molar-refractivity contribution is -0.116. The molecule has 1 N–H and O–H groups in total. The maximum absolute atomic E-state index is 12.1. The number of carbonyl (C=O) groups excluding carboxylic acids is 2. The average molecular weight is 412 g/mol. The fourth-order valence-corrected chi connectivity index (χ4v) is 3.65. The highest BCUT2D eigenvalue weighted by Gasteiger charge is 2.17. The number of aromatic nitrogens is 1. The van der Waals surface area contributed by atoms with E-state index >= 15 is 0 Å². The predicted octanol–water partition coefficient (Wildman–Crippen LogP) is 5.44. The van der Waals surface area contributed by atoms with Crippen LogP contribution in [0.4, 0.5) is 16.5 Å². The van der Waals surface area contributed by atoms with E-state index in [-0.39, 0.29) is 11.8 Å². The molecule has 2 amide bonds. The zero-order valence-corrected chi connectivity index (χ0v) is 16.9. The quantitative estimate of drug-likeness (QED) is 0.568. The van der Waals surface area contributed by atoms with Crippen molar-refractivity contribution in [2.45, 2.75) is 13.8 Å². The number of nitrogens with zero attached hydrogens (tertiary/aromatic N) is 2. The van der Waals surface area contributed by atoms with Crippen molar-refractivity contribution in [2.75, 3.05) is 10.2 Å². The van der Waals surface area contributed by atoms with E-state index in [9.17, 15) is 9.59 Å². The molecule has 0 aliphatic heterocycles. The largest absolute Gasteiger partial charge is 0.321 e. The third-order valence-corrected chi connectivity index (χ3v) is 4.98. The molecule has 1 aromatic heterocycles. The van der Waals surface area contributed by atoms with E-state index in [1.807, 2.05) is 43.3 Å². The molecule has 1 heterocycles. The summed E-state index contributed by atoms with van der Waals surface area (Å²) in [5.41, 5.74) is 2.90. The van der Waals surface area contributed by atoms with E-state index in [0.717, 1.165) is 11.3 Å². The minimum absolute atomic E-state index is 0.136. The summed E-state index contributed by atoms with van der Waals surface area (Å²) >= 11 is 7.46. The number of nitrogens with one attached hydrogen (secondary N) is 1. The number of para-hydroxylation sites is 1. The van der Waals surface area contributed by atoms with Gasteiger partial charge in [-0.1, -0.05) is 35.9 Å². The van der Waals surface area contributed by atoms with Gasteiger partial charge < -0.3 is 5.32 Å².